The molecule has 0 bridgehead atoms. The van der Waals surface area contributed by atoms with Crippen molar-refractivity contribution >= 4 is 0 Å². The van der Waals surface area contributed by atoms with E-state index < -0.39 is 0 Å². The Bertz CT molecular complexity index is 258. The number of rotatable bonds is 1. The van der Waals surface area contributed by atoms with Gasteiger partial charge in [0, 0.05) is 38.5 Å². The summed E-state index contributed by atoms with van der Waals surface area (Å²) in [6, 6.07) is 4.25. The summed E-state index contributed by atoms with van der Waals surface area (Å²) in [5, 5.41) is 17.9. The quantitative estimate of drug-likeness (QED) is 0.708. The van der Waals surface area contributed by atoms with E-state index in [9.17, 15) is 0 Å². The van der Waals surface area contributed by atoms with Gasteiger partial charge in [0.15, 0.2) is 0 Å². The number of phenols is 2. The van der Waals surface area contributed by atoms with Crippen molar-refractivity contribution in [1.29, 1.82) is 0 Å². The van der Waals surface area contributed by atoms with Crippen molar-refractivity contribution in [2.24, 2.45) is 0 Å². The SMILES string of the molecule is C=[C-]c1ccc(O)cc1O.[Y]. The standard InChI is InChI=1S/C8H7O2.Y/c1-2-6-3-4-7(9)5-8(6)10;/h3-5,9-10H,1H2;/q-1;. The van der Waals surface area contributed by atoms with Crippen LogP contribution < -0.4 is 0 Å². The third-order valence-electron chi connectivity index (χ3n) is 1.17. The van der Waals surface area contributed by atoms with Gasteiger partial charge in [0.25, 0.3) is 0 Å². The summed E-state index contributed by atoms with van der Waals surface area (Å²) >= 11 is 0. The van der Waals surface area contributed by atoms with Crippen LogP contribution in [-0.4, -0.2) is 10.2 Å². The molecule has 1 radical (unpaired) electrons. The molecule has 0 fully saturated rings. The molecule has 1 rings (SSSR count). The summed E-state index contributed by atoms with van der Waals surface area (Å²) in [7, 11) is 0. The second kappa shape index (κ2) is 4.52. The summed E-state index contributed by atoms with van der Waals surface area (Å²) < 4.78 is 0. The molecule has 0 atom stereocenters. The first-order valence-corrected chi connectivity index (χ1v) is 2.79. The summed E-state index contributed by atoms with van der Waals surface area (Å²) in [4.78, 5) is 0. The van der Waals surface area contributed by atoms with Crippen LogP contribution in [0.3, 0.4) is 0 Å². The smallest absolute Gasteiger partial charge is 0.0945 e. The number of phenolic OH excluding ortho intramolecular Hbond substituents is 2. The molecule has 0 spiro atoms. The van der Waals surface area contributed by atoms with E-state index in [1.165, 1.54) is 18.2 Å². The van der Waals surface area contributed by atoms with E-state index in [4.69, 9.17) is 10.2 Å². The van der Waals surface area contributed by atoms with Crippen LogP contribution in [0.2, 0.25) is 0 Å². The van der Waals surface area contributed by atoms with Crippen molar-refractivity contribution in [2.75, 3.05) is 0 Å². The van der Waals surface area contributed by atoms with Crippen LogP contribution in [-0.2, 0) is 32.7 Å². The van der Waals surface area contributed by atoms with E-state index in [0.717, 1.165) is 0 Å². The van der Waals surface area contributed by atoms with Crippen LogP contribution in [0.15, 0.2) is 24.8 Å². The zero-order chi connectivity index (χ0) is 7.56. The van der Waals surface area contributed by atoms with Crippen LogP contribution in [0.5, 0.6) is 11.5 Å². The fourth-order valence-electron chi connectivity index (χ4n) is 0.670. The fourth-order valence-corrected chi connectivity index (χ4v) is 0.670. The Balaban J connectivity index is 0.000001000. The first kappa shape index (κ1) is 10.7. The molecule has 1 aromatic carbocycles. The van der Waals surface area contributed by atoms with Crippen molar-refractivity contribution in [3.63, 3.8) is 0 Å². The van der Waals surface area contributed by atoms with Gasteiger partial charge in [0.05, 0.1) is 5.75 Å². The Morgan fingerprint density at radius 2 is 1.91 bits per heavy atom. The van der Waals surface area contributed by atoms with Crippen LogP contribution in [0.25, 0.3) is 0 Å². The van der Waals surface area contributed by atoms with Crippen molar-refractivity contribution in [2.45, 2.75) is 0 Å². The van der Waals surface area contributed by atoms with E-state index in [0.29, 0.717) is 5.56 Å². The van der Waals surface area contributed by atoms with Gasteiger partial charge < -0.3 is 10.2 Å². The number of benzene rings is 1. The molecule has 0 aliphatic rings. The second-order valence-electron chi connectivity index (χ2n) is 1.88. The van der Waals surface area contributed by atoms with E-state index in [1.54, 1.807) is 0 Å². The van der Waals surface area contributed by atoms with E-state index in [-0.39, 0.29) is 44.2 Å². The predicted molar refractivity (Wildman–Crippen MR) is 37.7 cm³/mol. The molecule has 3 heteroatoms. The number of hydrogen-bond acceptors (Lipinski definition) is 2. The molecule has 2 nitrogen and oxygen atoms in total. The Morgan fingerprint density at radius 3 is 2.36 bits per heavy atom. The molecular formula is C8H7O2Y-. The first-order valence-electron chi connectivity index (χ1n) is 2.79. The van der Waals surface area contributed by atoms with Gasteiger partial charge in [0.1, 0.15) is 0 Å². The Labute approximate surface area is 90.4 Å². The molecule has 0 saturated carbocycles. The third-order valence-corrected chi connectivity index (χ3v) is 1.17. The van der Waals surface area contributed by atoms with Crippen molar-refractivity contribution < 1.29 is 42.9 Å². The predicted octanol–water partition coefficient (Wildman–Crippen LogP) is 1.43. The molecule has 11 heavy (non-hydrogen) atoms. The molecule has 2 N–H and O–H groups in total. The molecule has 0 heterocycles. The normalized spacial score (nSPS) is 8.36. The van der Waals surface area contributed by atoms with Crippen molar-refractivity contribution in [1.82, 2.24) is 0 Å². The van der Waals surface area contributed by atoms with Crippen LogP contribution in [0.4, 0.5) is 0 Å². The Morgan fingerprint density at radius 1 is 1.27 bits per heavy atom. The van der Waals surface area contributed by atoms with Gasteiger partial charge in [-0.1, -0.05) is 6.07 Å². The molecule has 55 valence electrons. The molecular weight excluding hydrogens is 217 g/mol. The molecule has 0 aliphatic carbocycles. The molecule has 1 aromatic rings. The summed E-state index contributed by atoms with van der Waals surface area (Å²) in [5.41, 5.74) is 0.498. The zero-order valence-corrected chi connectivity index (χ0v) is 8.75. The fraction of sp³-hybridized carbons (Fsp3) is 0. The van der Waals surface area contributed by atoms with Gasteiger partial charge in [-0.3, -0.25) is 0 Å². The van der Waals surface area contributed by atoms with Gasteiger partial charge >= 0.3 is 0 Å². The zero-order valence-electron chi connectivity index (χ0n) is 5.91. The average molecular weight is 224 g/mol. The Kier molecular flexibility index (Phi) is 4.38. The van der Waals surface area contributed by atoms with Crippen molar-refractivity contribution in [3.8, 4) is 11.5 Å². The van der Waals surface area contributed by atoms with Crippen LogP contribution in [0.1, 0.15) is 5.56 Å². The second-order valence-corrected chi connectivity index (χ2v) is 1.88. The van der Waals surface area contributed by atoms with Gasteiger partial charge in [-0.05, 0) is 6.07 Å². The van der Waals surface area contributed by atoms with E-state index >= 15 is 0 Å². The molecule has 0 unspecified atom stereocenters. The monoisotopic (exact) mass is 224 g/mol. The minimum Gasteiger partial charge on any atom is -0.565 e. The van der Waals surface area contributed by atoms with E-state index in [1.807, 2.05) is 0 Å². The average Bonchev–Trinajstić information content (AvgIpc) is 1.88. The van der Waals surface area contributed by atoms with Gasteiger partial charge in [-0.25, -0.2) is 0 Å². The summed E-state index contributed by atoms with van der Waals surface area (Å²) in [6.07, 6.45) is 2.51. The minimum absolute atomic E-state index is 0. The largest absolute Gasteiger partial charge is 0.565 e. The van der Waals surface area contributed by atoms with Crippen LogP contribution in [0, 0.1) is 6.08 Å². The summed E-state index contributed by atoms with van der Waals surface area (Å²) in [5.74, 6) is 0.0338. The topological polar surface area (TPSA) is 40.5 Å². The van der Waals surface area contributed by atoms with Gasteiger partial charge in [-0.15, -0.1) is 0 Å². The maximum absolute atomic E-state index is 9.03. The first-order chi connectivity index (χ1) is 4.74. The number of aromatic hydroxyl groups is 2. The maximum Gasteiger partial charge on any atom is 0.0945 e. The van der Waals surface area contributed by atoms with Gasteiger partial charge in [0.2, 0.25) is 0 Å². The molecule has 0 saturated heterocycles. The molecule has 0 aliphatic heterocycles. The third kappa shape index (κ3) is 2.64. The van der Waals surface area contributed by atoms with Gasteiger partial charge in [-0.2, -0.15) is 24.3 Å². The van der Waals surface area contributed by atoms with Crippen molar-refractivity contribution in [3.05, 3.63) is 36.4 Å². The molecule has 0 amide bonds. The Hall–Kier alpha value is -0.336. The van der Waals surface area contributed by atoms with Crippen LogP contribution >= 0.6 is 0 Å². The number of hydrogen-bond donors (Lipinski definition) is 2. The van der Waals surface area contributed by atoms with E-state index in [2.05, 4.69) is 12.7 Å². The summed E-state index contributed by atoms with van der Waals surface area (Å²) in [6.45, 7) is 3.35. The molecule has 0 aromatic heterocycles. The maximum atomic E-state index is 9.03. The minimum atomic E-state index is -0.00463.